The van der Waals surface area contributed by atoms with Crippen molar-refractivity contribution >= 4 is 5.97 Å². The Bertz CT molecular complexity index is 702. The van der Waals surface area contributed by atoms with Crippen LogP contribution in [0.5, 0.6) is 0 Å². The molecular formula is C20H24O4. The van der Waals surface area contributed by atoms with E-state index in [2.05, 4.69) is 19.1 Å². The lowest BCUT2D eigenvalue weighted by atomic mass is 10.1. The highest BCUT2D eigenvalue weighted by Gasteiger charge is 2.03. The molecule has 2 aromatic heterocycles. The Morgan fingerprint density at radius 3 is 2.75 bits per heavy atom. The fourth-order valence-corrected chi connectivity index (χ4v) is 2.32. The summed E-state index contributed by atoms with van der Waals surface area (Å²) >= 11 is 0. The number of allylic oxidation sites excluding steroid dienone is 3. The summed E-state index contributed by atoms with van der Waals surface area (Å²) in [6.45, 7) is 6.29. The molecule has 0 aliphatic carbocycles. The lowest BCUT2D eigenvalue weighted by Gasteiger charge is -2.02. The molecule has 0 N–H and O–H groups in total. The van der Waals surface area contributed by atoms with Crippen LogP contribution in [0, 0.1) is 6.92 Å². The minimum atomic E-state index is -0.319. The Hall–Kier alpha value is -2.49. The van der Waals surface area contributed by atoms with Crippen molar-refractivity contribution in [3.63, 3.8) is 0 Å². The van der Waals surface area contributed by atoms with Crippen molar-refractivity contribution in [2.24, 2.45) is 0 Å². The van der Waals surface area contributed by atoms with Gasteiger partial charge in [-0.05, 0) is 51.3 Å². The van der Waals surface area contributed by atoms with Crippen LogP contribution in [-0.4, -0.2) is 5.97 Å². The zero-order valence-corrected chi connectivity index (χ0v) is 14.5. The van der Waals surface area contributed by atoms with Gasteiger partial charge in [0, 0.05) is 18.1 Å². The van der Waals surface area contributed by atoms with Gasteiger partial charge in [0.1, 0.15) is 12.4 Å². The van der Waals surface area contributed by atoms with Crippen LogP contribution < -0.4 is 0 Å². The maximum Gasteiger partial charge on any atom is 0.331 e. The first-order chi connectivity index (χ1) is 11.5. The third kappa shape index (κ3) is 6.32. The number of furan rings is 2. The Balaban J connectivity index is 1.71. The lowest BCUT2D eigenvalue weighted by molar-refractivity contribution is -0.139. The standard InChI is InChI=1S/C20H24O4/c1-15(9-19-10-17(3)12-23-19)5-4-6-16(2)11-20(21)24-14-18-7-8-22-13-18/h5,7-8,10-13H,4,6,9,14H2,1-3H3/b15-5+,16-11+. The van der Waals surface area contributed by atoms with Crippen LogP contribution >= 0.6 is 0 Å². The van der Waals surface area contributed by atoms with Gasteiger partial charge in [-0.1, -0.05) is 17.2 Å². The number of carbonyl (C=O) groups is 1. The van der Waals surface area contributed by atoms with Gasteiger partial charge in [-0.3, -0.25) is 0 Å². The normalized spacial score (nSPS) is 12.5. The maximum atomic E-state index is 11.7. The largest absolute Gasteiger partial charge is 0.472 e. The molecule has 0 bridgehead atoms. The molecule has 0 radical (unpaired) electrons. The third-order valence-electron chi connectivity index (χ3n) is 3.59. The fourth-order valence-electron chi connectivity index (χ4n) is 2.32. The second kappa shape index (κ2) is 8.96. The van der Waals surface area contributed by atoms with E-state index in [0.717, 1.165) is 41.7 Å². The van der Waals surface area contributed by atoms with E-state index in [1.807, 2.05) is 13.8 Å². The average Bonchev–Trinajstić information content (AvgIpc) is 3.17. The van der Waals surface area contributed by atoms with Gasteiger partial charge in [0.25, 0.3) is 0 Å². The van der Waals surface area contributed by atoms with Crippen LogP contribution in [0.2, 0.25) is 0 Å². The van der Waals surface area contributed by atoms with E-state index >= 15 is 0 Å². The predicted octanol–water partition coefficient (Wildman–Crippen LogP) is 5.14. The Morgan fingerprint density at radius 1 is 1.25 bits per heavy atom. The van der Waals surface area contributed by atoms with Gasteiger partial charge in [-0.25, -0.2) is 4.79 Å². The molecule has 0 atom stereocenters. The van der Waals surface area contributed by atoms with Gasteiger partial charge < -0.3 is 13.6 Å². The Morgan fingerprint density at radius 2 is 2.08 bits per heavy atom. The molecule has 0 spiro atoms. The van der Waals surface area contributed by atoms with E-state index in [0.29, 0.717) is 0 Å². The number of hydrogen-bond acceptors (Lipinski definition) is 4. The van der Waals surface area contributed by atoms with Crippen molar-refractivity contribution in [3.8, 4) is 0 Å². The number of ether oxygens (including phenoxy) is 1. The number of esters is 1. The molecular weight excluding hydrogens is 304 g/mol. The molecule has 0 saturated carbocycles. The van der Waals surface area contributed by atoms with Crippen molar-refractivity contribution in [3.05, 3.63) is 71.1 Å². The molecule has 0 aromatic carbocycles. The summed E-state index contributed by atoms with van der Waals surface area (Å²) in [7, 11) is 0. The molecule has 24 heavy (non-hydrogen) atoms. The Labute approximate surface area is 142 Å². The van der Waals surface area contributed by atoms with Crippen molar-refractivity contribution in [2.45, 2.75) is 46.6 Å². The molecule has 0 aliphatic heterocycles. The van der Waals surface area contributed by atoms with Crippen molar-refractivity contribution in [1.29, 1.82) is 0 Å². The number of hydrogen-bond donors (Lipinski definition) is 0. The van der Waals surface area contributed by atoms with Crippen LogP contribution in [0.3, 0.4) is 0 Å². The van der Waals surface area contributed by atoms with E-state index in [1.165, 1.54) is 5.57 Å². The van der Waals surface area contributed by atoms with Crippen LogP contribution in [0.4, 0.5) is 0 Å². The summed E-state index contributed by atoms with van der Waals surface area (Å²) in [5, 5.41) is 0. The van der Waals surface area contributed by atoms with E-state index in [4.69, 9.17) is 13.6 Å². The minimum Gasteiger partial charge on any atom is -0.472 e. The van der Waals surface area contributed by atoms with Crippen molar-refractivity contribution in [1.82, 2.24) is 0 Å². The summed E-state index contributed by atoms with van der Waals surface area (Å²) in [6.07, 6.45) is 11.2. The van der Waals surface area contributed by atoms with Crippen molar-refractivity contribution in [2.75, 3.05) is 0 Å². The van der Waals surface area contributed by atoms with Gasteiger partial charge in [0.15, 0.2) is 0 Å². The predicted molar refractivity (Wildman–Crippen MR) is 92.4 cm³/mol. The second-order valence-electron chi connectivity index (χ2n) is 6.09. The molecule has 0 amide bonds. The van der Waals surface area contributed by atoms with Gasteiger partial charge >= 0.3 is 5.97 Å². The first kappa shape index (κ1) is 17.9. The highest BCUT2D eigenvalue weighted by atomic mass is 16.5. The van der Waals surface area contributed by atoms with Crippen molar-refractivity contribution < 1.29 is 18.4 Å². The number of aryl methyl sites for hydroxylation is 1. The molecule has 2 heterocycles. The van der Waals surface area contributed by atoms with Gasteiger partial charge in [0.2, 0.25) is 0 Å². The molecule has 2 aromatic rings. The summed E-state index contributed by atoms with van der Waals surface area (Å²) in [5.41, 5.74) is 4.26. The Kier molecular flexibility index (Phi) is 6.67. The molecule has 0 saturated heterocycles. The van der Waals surface area contributed by atoms with E-state index in [-0.39, 0.29) is 12.6 Å². The SMILES string of the molecule is C/C(=C\C(=O)OCc1ccoc1)CC/C=C(\C)Cc1cc(C)co1. The van der Waals surface area contributed by atoms with E-state index in [1.54, 1.807) is 30.9 Å². The quantitative estimate of drug-likeness (QED) is 0.382. The topological polar surface area (TPSA) is 52.6 Å². The van der Waals surface area contributed by atoms with Gasteiger partial charge in [-0.15, -0.1) is 0 Å². The van der Waals surface area contributed by atoms with Crippen LogP contribution in [0.15, 0.2) is 63.1 Å². The first-order valence-corrected chi connectivity index (χ1v) is 8.07. The summed E-state index contributed by atoms with van der Waals surface area (Å²) in [4.78, 5) is 11.7. The number of carbonyl (C=O) groups excluding carboxylic acids is 1. The zero-order valence-electron chi connectivity index (χ0n) is 14.5. The van der Waals surface area contributed by atoms with Gasteiger partial charge in [-0.2, -0.15) is 0 Å². The second-order valence-corrected chi connectivity index (χ2v) is 6.09. The summed E-state index contributed by atoms with van der Waals surface area (Å²) in [6, 6.07) is 3.83. The first-order valence-electron chi connectivity index (χ1n) is 8.07. The third-order valence-corrected chi connectivity index (χ3v) is 3.59. The average molecular weight is 328 g/mol. The minimum absolute atomic E-state index is 0.237. The van der Waals surface area contributed by atoms with Crippen LogP contribution in [0.1, 0.15) is 43.6 Å². The molecule has 0 aliphatic rings. The molecule has 128 valence electrons. The fraction of sp³-hybridized carbons (Fsp3) is 0.350. The summed E-state index contributed by atoms with van der Waals surface area (Å²) in [5.74, 6) is 0.664. The van der Waals surface area contributed by atoms with Crippen LogP contribution in [0.25, 0.3) is 0 Å². The van der Waals surface area contributed by atoms with Gasteiger partial charge in [0.05, 0.1) is 18.8 Å². The van der Waals surface area contributed by atoms with E-state index in [9.17, 15) is 4.79 Å². The maximum absolute atomic E-state index is 11.7. The number of rotatable bonds is 8. The molecule has 0 unspecified atom stereocenters. The summed E-state index contributed by atoms with van der Waals surface area (Å²) < 4.78 is 15.5. The molecule has 2 rings (SSSR count). The monoisotopic (exact) mass is 328 g/mol. The van der Waals surface area contributed by atoms with E-state index < -0.39 is 0 Å². The smallest absolute Gasteiger partial charge is 0.331 e. The van der Waals surface area contributed by atoms with Crippen LogP contribution in [-0.2, 0) is 22.6 Å². The lowest BCUT2D eigenvalue weighted by Crippen LogP contribution is -2.01. The highest BCUT2D eigenvalue weighted by Crippen LogP contribution is 2.14. The molecule has 4 heteroatoms. The highest BCUT2D eigenvalue weighted by molar-refractivity contribution is 5.82. The molecule has 0 fully saturated rings. The molecule has 4 nitrogen and oxygen atoms in total. The zero-order chi connectivity index (χ0) is 17.4.